The Labute approximate surface area is 104 Å². The highest BCUT2D eigenvalue weighted by Gasteiger charge is 2.21. The molecule has 1 aliphatic carbocycles. The van der Waals surface area contributed by atoms with E-state index in [9.17, 15) is 4.79 Å². The number of hydrogen-bond acceptors (Lipinski definition) is 3. The molecule has 1 aliphatic rings. The van der Waals surface area contributed by atoms with E-state index in [0.717, 1.165) is 25.9 Å². The number of nitrogens with two attached hydrogens (primary N) is 1. The van der Waals surface area contributed by atoms with E-state index in [1.807, 2.05) is 20.8 Å². The summed E-state index contributed by atoms with van der Waals surface area (Å²) in [5.74, 6) is 1.28. The standard InChI is InChI=1S/C13H26N2O2/c1-13(2,3)17-12(16)15-9-11-6-4-10(8-14)5-7-11/h10-11H,4-9,14H2,1-3H3,(H,15,16)/t10-,11+. The minimum absolute atomic E-state index is 0.307. The molecule has 0 aromatic rings. The molecule has 0 aliphatic heterocycles. The number of carbonyl (C=O) groups is 1. The Morgan fingerprint density at radius 3 is 2.24 bits per heavy atom. The van der Waals surface area contributed by atoms with Gasteiger partial charge in [0.25, 0.3) is 0 Å². The molecule has 0 heterocycles. The van der Waals surface area contributed by atoms with Gasteiger partial charge in [0.1, 0.15) is 5.60 Å². The molecule has 0 aromatic heterocycles. The maximum atomic E-state index is 11.5. The first-order valence-corrected chi connectivity index (χ1v) is 6.57. The molecule has 0 unspecified atom stereocenters. The van der Waals surface area contributed by atoms with Gasteiger partial charge in [0, 0.05) is 6.54 Å². The molecule has 4 heteroatoms. The normalized spacial score (nSPS) is 25.4. The number of nitrogens with one attached hydrogen (secondary N) is 1. The predicted octanol–water partition coefficient (Wildman–Crippen LogP) is 2.28. The van der Waals surface area contributed by atoms with E-state index in [0.29, 0.717) is 11.8 Å². The number of amides is 1. The molecular weight excluding hydrogens is 216 g/mol. The second kappa shape index (κ2) is 6.24. The minimum atomic E-state index is -0.415. The van der Waals surface area contributed by atoms with Crippen molar-refractivity contribution < 1.29 is 9.53 Å². The Balaban J connectivity index is 2.17. The summed E-state index contributed by atoms with van der Waals surface area (Å²) in [5.41, 5.74) is 5.24. The molecule has 0 aromatic carbocycles. The summed E-state index contributed by atoms with van der Waals surface area (Å²) in [7, 11) is 0. The third-order valence-electron chi connectivity index (χ3n) is 3.23. The van der Waals surface area contributed by atoms with Gasteiger partial charge in [-0.3, -0.25) is 0 Å². The van der Waals surface area contributed by atoms with E-state index >= 15 is 0 Å². The quantitative estimate of drug-likeness (QED) is 0.798. The maximum Gasteiger partial charge on any atom is 0.407 e. The molecule has 1 saturated carbocycles. The molecule has 0 bridgehead atoms. The lowest BCUT2D eigenvalue weighted by Gasteiger charge is -2.28. The lowest BCUT2D eigenvalue weighted by molar-refractivity contribution is 0.0513. The van der Waals surface area contributed by atoms with Crippen LogP contribution in [0.3, 0.4) is 0 Å². The molecule has 0 spiro atoms. The van der Waals surface area contributed by atoms with Crippen molar-refractivity contribution in [3.63, 3.8) is 0 Å². The second-order valence-corrected chi connectivity index (χ2v) is 6.01. The van der Waals surface area contributed by atoms with Gasteiger partial charge in [-0.1, -0.05) is 0 Å². The molecule has 100 valence electrons. The van der Waals surface area contributed by atoms with Crippen molar-refractivity contribution in [2.45, 2.75) is 52.1 Å². The number of alkyl carbamates (subject to hydrolysis) is 1. The summed E-state index contributed by atoms with van der Waals surface area (Å²) < 4.78 is 5.20. The summed E-state index contributed by atoms with van der Waals surface area (Å²) in [4.78, 5) is 11.5. The fourth-order valence-corrected chi connectivity index (χ4v) is 2.21. The van der Waals surface area contributed by atoms with Gasteiger partial charge in [-0.25, -0.2) is 4.79 Å². The SMILES string of the molecule is CC(C)(C)OC(=O)NC[C@H]1CC[C@@H](CN)CC1. The van der Waals surface area contributed by atoms with Crippen LogP contribution in [-0.4, -0.2) is 24.8 Å². The fourth-order valence-electron chi connectivity index (χ4n) is 2.21. The van der Waals surface area contributed by atoms with Crippen molar-refractivity contribution in [1.82, 2.24) is 5.32 Å². The van der Waals surface area contributed by atoms with Gasteiger partial charge in [0.05, 0.1) is 0 Å². The van der Waals surface area contributed by atoms with Gasteiger partial charge < -0.3 is 15.8 Å². The second-order valence-electron chi connectivity index (χ2n) is 6.01. The summed E-state index contributed by atoms with van der Waals surface area (Å²) >= 11 is 0. The van der Waals surface area contributed by atoms with Crippen molar-refractivity contribution in [3.05, 3.63) is 0 Å². The van der Waals surface area contributed by atoms with Crippen molar-refractivity contribution in [2.75, 3.05) is 13.1 Å². The van der Waals surface area contributed by atoms with Crippen LogP contribution in [-0.2, 0) is 4.74 Å². The molecule has 1 amide bonds. The lowest BCUT2D eigenvalue weighted by atomic mass is 9.82. The summed E-state index contributed by atoms with van der Waals surface area (Å²) in [6.07, 6.45) is 4.40. The molecule has 1 fully saturated rings. The van der Waals surface area contributed by atoms with E-state index in [1.54, 1.807) is 0 Å². The zero-order valence-electron chi connectivity index (χ0n) is 11.3. The molecule has 17 heavy (non-hydrogen) atoms. The number of carbonyl (C=O) groups excluding carboxylic acids is 1. The third-order valence-corrected chi connectivity index (χ3v) is 3.23. The zero-order valence-corrected chi connectivity index (χ0v) is 11.3. The maximum absolute atomic E-state index is 11.5. The van der Waals surface area contributed by atoms with Crippen LogP contribution in [0, 0.1) is 11.8 Å². The summed E-state index contributed by atoms with van der Waals surface area (Å²) in [6.45, 7) is 7.15. The number of hydrogen-bond donors (Lipinski definition) is 2. The average Bonchev–Trinajstić information content (AvgIpc) is 2.25. The summed E-state index contributed by atoms with van der Waals surface area (Å²) in [5, 5.41) is 2.85. The molecule has 0 radical (unpaired) electrons. The molecule has 3 N–H and O–H groups in total. The van der Waals surface area contributed by atoms with E-state index < -0.39 is 5.60 Å². The van der Waals surface area contributed by atoms with Crippen LogP contribution in [0.1, 0.15) is 46.5 Å². The van der Waals surface area contributed by atoms with Crippen molar-refractivity contribution >= 4 is 6.09 Å². The average molecular weight is 242 g/mol. The van der Waals surface area contributed by atoms with E-state index in [1.165, 1.54) is 12.8 Å². The molecule has 1 rings (SSSR count). The summed E-state index contributed by atoms with van der Waals surface area (Å²) in [6, 6.07) is 0. The van der Waals surface area contributed by atoms with Gasteiger partial charge in [-0.05, 0) is 64.8 Å². The van der Waals surface area contributed by atoms with Crippen LogP contribution in [0.5, 0.6) is 0 Å². The Morgan fingerprint density at radius 2 is 1.76 bits per heavy atom. The number of ether oxygens (including phenoxy) is 1. The first-order chi connectivity index (χ1) is 7.90. The smallest absolute Gasteiger partial charge is 0.407 e. The van der Waals surface area contributed by atoms with Gasteiger partial charge in [0.2, 0.25) is 0 Å². The molecule has 4 nitrogen and oxygen atoms in total. The third kappa shape index (κ3) is 5.91. The van der Waals surface area contributed by atoms with Crippen LogP contribution in [0.25, 0.3) is 0 Å². The highest BCUT2D eigenvalue weighted by atomic mass is 16.6. The first-order valence-electron chi connectivity index (χ1n) is 6.57. The highest BCUT2D eigenvalue weighted by molar-refractivity contribution is 5.67. The molecule has 0 atom stereocenters. The van der Waals surface area contributed by atoms with Crippen LogP contribution in [0.2, 0.25) is 0 Å². The Kier molecular flexibility index (Phi) is 5.25. The first kappa shape index (κ1) is 14.3. The van der Waals surface area contributed by atoms with Gasteiger partial charge in [0.15, 0.2) is 0 Å². The van der Waals surface area contributed by atoms with Crippen molar-refractivity contribution in [1.29, 1.82) is 0 Å². The molecule has 0 saturated heterocycles. The monoisotopic (exact) mass is 242 g/mol. The topological polar surface area (TPSA) is 64.3 Å². The predicted molar refractivity (Wildman–Crippen MR) is 68.7 cm³/mol. The van der Waals surface area contributed by atoms with Crippen molar-refractivity contribution in [2.24, 2.45) is 17.6 Å². The van der Waals surface area contributed by atoms with Gasteiger partial charge in [-0.15, -0.1) is 0 Å². The fraction of sp³-hybridized carbons (Fsp3) is 0.923. The lowest BCUT2D eigenvalue weighted by Crippen LogP contribution is -2.36. The van der Waals surface area contributed by atoms with Gasteiger partial charge in [-0.2, -0.15) is 0 Å². The highest BCUT2D eigenvalue weighted by Crippen LogP contribution is 2.27. The minimum Gasteiger partial charge on any atom is -0.444 e. The van der Waals surface area contributed by atoms with E-state index in [-0.39, 0.29) is 6.09 Å². The van der Waals surface area contributed by atoms with Crippen LogP contribution in [0.15, 0.2) is 0 Å². The zero-order chi connectivity index (χ0) is 12.9. The van der Waals surface area contributed by atoms with Crippen LogP contribution >= 0.6 is 0 Å². The van der Waals surface area contributed by atoms with E-state index in [2.05, 4.69) is 5.32 Å². The largest absolute Gasteiger partial charge is 0.444 e. The molecular formula is C13H26N2O2. The Morgan fingerprint density at radius 1 is 1.24 bits per heavy atom. The van der Waals surface area contributed by atoms with E-state index in [4.69, 9.17) is 10.5 Å². The van der Waals surface area contributed by atoms with Gasteiger partial charge >= 0.3 is 6.09 Å². The van der Waals surface area contributed by atoms with Crippen LogP contribution in [0.4, 0.5) is 4.79 Å². The Bertz CT molecular complexity index is 240. The van der Waals surface area contributed by atoms with Crippen LogP contribution < -0.4 is 11.1 Å². The Hall–Kier alpha value is -0.770. The number of rotatable bonds is 3. The van der Waals surface area contributed by atoms with Crippen molar-refractivity contribution in [3.8, 4) is 0 Å².